The number of benzene rings is 1. The molecule has 1 aromatic rings. The molecule has 0 heterocycles. The number of alkyl halides is 1. The first-order valence-corrected chi connectivity index (χ1v) is 5.23. The van der Waals surface area contributed by atoms with Crippen molar-refractivity contribution in [1.82, 2.24) is 0 Å². The maximum absolute atomic E-state index is 5.90. The number of hydrogen-bond donors (Lipinski definition) is 0. The molecule has 0 aliphatic heterocycles. The van der Waals surface area contributed by atoms with Crippen molar-refractivity contribution in [3.05, 3.63) is 34.9 Å². The van der Waals surface area contributed by atoms with Gasteiger partial charge in [0.15, 0.2) is 0 Å². The summed E-state index contributed by atoms with van der Waals surface area (Å²) >= 11 is 5.90. The van der Waals surface area contributed by atoms with Crippen LogP contribution in [0.3, 0.4) is 0 Å². The third-order valence-corrected chi connectivity index (χ3v) is 2.62. The van der Waals surface area contributed by atoms with E-state index in [0.29, 0.717) is 0 Å². The van der Waals surface area contributed by atoms with Gasteiger partial charge in [0.1, 0.15) is 0 Å². The van der Waals surface area contributed by atoms with Gasteiger partial charge in [-0.05, 0) is 50.3 Å². The van der Waals surface area contributed by atoms with Crippen LogP contribution < -0.4 is 0 Å². The minimum absolute atomic E-state index is 0.279. The summed E-state index contributed by atoms with van der Waals surface area (Å²) in [6.45, 7) is 6.34. The predicted octanol–water partition coefficient (Wildman–Crippen LogP) is 3.86. The molecule has 1 aromatic carbocycles. The smallest absolute Gasteiger partial charge is 0.0311 e. The second-order valence-corrected chi connectivity index (χ2v) is 4.48. The second kappa shape index (κ2) is 4.66. The highest BCUT2D eigenvalue weighted by Crippen LogP contribution is 2.13. The van der Waals surface area contributed by atoms with Crippen molar-refractivity contribution >= 4 is 11.6 Å². The third kappa shape index (κ3) is 3.40. The van der Waals surface area contributed by atoms with E-state index in [4.69, 9.17) is 11.6 Å². The van der Waals surface area contributed by atoms with Crippen molar-refractivity contribution in [1.29, 1.82) is 0 Å². The molecular formula is C12H17Cl. The zero-order valence-electron chi connectivity index (χ0n) is 8.60. The molecule has 72 valence electrons. The Morgan fingerprint density at radius 2 is 1.92 bits per heavy atom. The van der Waals surface area contributed by atoms with E-state index in [9.17, 15) is 0 Å². The van der Waals surface area contributed by atoms with Crippen LogP contribution in [-0.2, 0) is 6.42 Å². The van der Waals surface area contributed by atoms with Gasteiger partial charge in [-0.25, -0.2) is 0 Å². The summed E-state index contributed by atoms with van der Waals surface area (Å²) in [5.41, 5.74) is 4.14. The van der Waals surface area contributed by atoms with Gasteiger partial charge in [-0.1, -0.05) is 18.2 Å². The van der Waals surface area contributed by atoms with Crippen molar-refractivity contribution in [2.75, 3.05) is 0 Å². The van der Waals surface area contributed by atoms with E-state index in [2.05, 4.69) is 32.0 Å². The largest absolute Gasteiger partial charge is 0.123 e. The van der Waals surface area contributed by atoms with E-state index >= 15 is 0 Å². The van der Waals surface area contributed by atoms with Gasteiger partial charge in [-0.2, -0.15) is 0 Å². The van der Waals surface area contributed by atoms with Crippen LogP contribution in [0.1, 0.15) is 30.0 Å². The molecule has 0 aliphatic rings. The molecule has 0 amide bonds. The van der Waals surface area contributed by atoms with Crippen LogP contribution in [0.4, 0.5) is 0 Å². The molecule has 0 fully saturated rings. The Bertz CT molecular complexity index is 276. The summed E-state index contributed by atoms with van der Waals surface area (Å²) in [7, 11) is 0. The van der Waals surface area contributed by atoms with Gasteiger partial charge < -0.3 is 0 Å². The molecule has 0 radical (unpaired) electrons. The topological polar surface area (TPSA) is 0 Å². The van der Waals surface area contributed by atoms with Crippen LogP contribution in [0.25, 0.3) is 0 Å². The first-order valence-electron chi connectivity index (χ1n) is 4.80. The lowest BCUT2D eigenvalue weighted by Crippen LogP contribution is -1.95. The van der Waals surface area contributed by atoms with Crippen molar-refractivity contribution in [3.63, 3.8) is 0 Å². The van der Waals surface area contributed by atoms with Gasteiger partial charge in [-0.15, -0.1) is 11.6 Å². The predicted molar refractivity (Wildman–Crippen MR) is 59.6 cm³/mol. The summed E-state index contributed by atoms with van der Waals surface area (Å²) in [4.78, 5) is 0. The molecular weight excluding hydrogens is 180 g/mol. The van der Waals surface area contributed by atoms with Crippen LogP contribution in [0, 0.1) is 13.8 Å². The highest BCUT2D eigenvalue weighted by Gasteiger charge is 1.99. The molecule has 0 N–H and O–H groups in total. The van der Waals surface area contributed by atoms with E-state index in [0.717, 1.165) is 12.8 Å². The maximum atomic E-state index is 5.90. The van der Waals surface area contributed by atoms with E-state index in [1.165, 1.54) is 16.7 Å². The molecule has 0 aliphatic carbocycles. The minimum atomic E-state index is 0.279. The highest BCUT2D eigenvalue weighted by atomic mass is 35.5. The first kappa shape index (κ1) is 10.6. The second-order valence-electron chi connectivity index (χ2n) is 3.74. The molecule has 1 atom stereocenters. The Morgan fingerprint density at radius 3 is 2.46 bits per heavy atom. The van der Waals surface area contributed by atoms with Crippen LogP contribution in [0.5, 0.6) is 0 Å². The van der Waals surface area contributed by atoms with Crippen molar-refractivity contribution in [2.45, 2.75) is 39.0 Å². The molecule has 1 unspecified atom stereocenters. The molecule has 0 nitrogen and oxygen atoms in total. The molecule has 0 bridgehead atoms. The SMILES string of the molecule is Cc1ccc(CCC(C)Cl)cc1C. The van der Waals surface area contributed by atoms with E-state index in [1.807, 2.05) is 6.92 Å². The fourth-order valence-electron chi connectivity index (χ4n) is 1.32. The average molecular weight is 197 g/mol. The zero-order valence-corrected chi connectivity index (χ0v) is 9.36. The number of halogens is 1. The third-order valence-electron chi connectivity index (χ3n) is 2.40. The molecule has 0 aromatic heterocycles. The Kier molecular flexibility index (Phi) is 3.80. The van der Waals surface area contributed by atoms with Crippen molar-refractivity contribution < 1.29 is 0 Å². The molecule has 0 spiro atoms. The normalized spacial score (nSPS) is 12.9. The lowest BCUT2D eigenvalue weighted by Gasteiger charge is -2.06. The Hall–Kier alpha value is -0.490. The van der Waals surface area contributed by atoms with Crippen LogP contribution in [-0.4, -0.2) is 5.38 Å². The van der Waals surface area contributed by atoms with Crippen LogP contribution in [0.15, 0.2) is 18.2 Å². The lowest BCUT2D eigenvalue weighted by molar-refractivity contribution is 0.802. The van der Waals surface area contributed by atoms with Gasteiger partial charge in [0.2, 0.25) is 0 Å². The molecule has 13 heavy (non-hydrogen) atoms. The van der Waals surface area contributed by atoms with Gasteiger partial charge in [0.05, 0.1) is 0 Å². The minimum Gasteiger partial charge on any atom is -0.123 e. The Morgan fingerprint density at radius 1 is 1.23 bits per heavy atom. The summed E-state index contributed by atoms with van der Waals surface area (Å²) < 4.78 is 0. The maximum Gasteiger partial charge on any atom is 0.0311 e. The first-order chi connectivity index (χ1) is 6.09. The standard InChI is InChI=1S/C12H17Cl/c1-9-4-6-12(8-10(9)2)7-5-11(3)13/h4,6,8,11H,5,7H2,1-3H3. The fraction of sp³-hybridized carbons (Fsp3) is 0.500. The van der Waals surface area contributed by atoms with E-state index in [-0.39, 0.29) is 5.38 Å². The summed E-state index contributed by atoms with van der Waals surface area (Å²) in [6, 6.07) is 6.64. The number of hydrogen-bond acceptors (Lipinski definition) is 0. The van der Waals surface area contributed by atoms with Crippen LogP contribution in [0.2, 0.25) is 0 Å². The summed E-state index contributed by atoms with van der Waals surface area (Å²) in [6.07, 6.45) is 2.15. The average Bonchev–Trinajstić information content (AvgIpc) is 2.07. The van der Waals surface area contributed by atoms with Crippen molar-refractivity contribution in [3.8, 4) is 0 Å². The van der Waals surface area contributed by atoms with Gasteiger partial charge in [-0.3, -0.25) is 0 Å². The Labute approximate surface area is 85.9 Å². The lowest BCUT2D eigenvalue weighted by atomic mass is 10.0. The molecule has 1 heteroatoms. The molecule has 0 saturated carbocycles. The molecule has 0 saturated heterocycles. The zero-order chi connectivity index (χ0) is 9.84. The van der Waals surface area contributed by atoms with E-state index in [1.54, 1.807) is 0 Å². The summed E-state index contributed by atoms with van der Waals surface area (Å²) in [5.74, 6) is 0. The highest BCUT2D eigenvalue weighted by molar-refractivity contribution is 6.20. The summed E-state index contributed by atoms with van der Waals surface area (Å²) in [5, 5.41) is 0.279. The van der Waals surface area contributed by atoms with Gasteiger partial charge >= 0.3 is 0 Å². The monoisotopic (exact) mass is 196 g/mol. The van der Waals surface area contributed by atoms with Gasteiger partial charge in [0, 0.05) is 5.38 Å². The number of rotatable bonds is 3. The fourth-order valence-corrected chi connectivity index (χ4v) is 1.43. The van der Waals surface area contributed by atoms with Gasteiger partial charge in [0.25, 0.3) is 0 Å². The number of aryl methyl sites for hydroxylation is 3. The van der Waals surface area contributed by atoms with Crippen LogP contribution >= 0.6 is 11.6 Å². The molecule has 1 rings (SSSR count). The van der Waals surface area contributed by atoms with E-state index < -0.39 is 0 Å². The Balaban J connectivity index is 2.63. The quantitative estimate of drug-likeness (QED) is 0.644. The van der Waals surface area contributed by atoms with Crippen molar-refractivity contribution in [2.24, 2.45) is 0 Å².